The van der Waals surface area contributed by atoms with Crippen LogP contribution in [0.2, 0.25) is 0 Å². The Kier molecular flexibility index (Phi) is 16.2. The summed E-state index contributed by atoms with van der Waals surface area (Å²) in [5.41, 5.74) is 5.48. The van der Waals surface area contributed by atoms with Crippen molar-refractivity contribution in [3.05, 3.63) is 56.1 Å². The maximum absolute atomic E-state index is 6.07. The van der Waals surface area contributed by atoms with Gasteiger partial charge >= 0.3 is 0 Å². The van der Waals surface area contributed by atoms with Crippen LogP contribution in [-0.4, -0.2) is 23.2 Å². The lowest BCUT2D eigenvalue weighted by atomic mass is 10.0. The van der Waals surface area contributed by atoms with Gasteiger partial charge in [0.1, 0.15) is 22.5 Å². The predicted octanol–water partition coefficient (Wildman–Crippen LogP) is 13.6. The first-order valence-corrected chi connectivity index (χ1v) is 19.6. The lowest BCUT2D eigenvalue weighted by Crippen LogP contribution is -1.99. The number of aromatic nitrogens is 2. The number of ether oxygens (including phenoxy) is 2. The fraction of sp³-hybridized carbons (Fsp3) is 0.526. The highest BCUT2D eigenvalue weighted by atomic mass is 79.9. The van der Waals surface area contributed by atoms with Crippen LogP contribution < -0.4 is 9.47 Å². The molecule has 0 aliphatic rings. The molecule has 0 saturated carbocycles. The summed E-state index contributed by atoms with van der Waals surface area (Å²) in [7, 11) is 0. The number of halogens is 2. The van der Waals surface area contributed by atoms with Gasteiger partial charge in [-0.25, -0.2) is 9.97 Å². The van der Waals surface area contributed by atoms with Gasteiger partial charge in [-0.1, -0.05) is 104 Å². The molecule has 0 radical (unpaired) electrons. The van der Waals surface area contributed by atoms with E-state index in [-0.39, 0.29) is 0 Å². The SMILES string of the molecule is CCCCCCCCCCOc1ccc(-c2nc3c(Br)sc(Br)c3nc2-c2ccc(OCCCCCCCCCC)cc2)cc1. The van der Waals surface area contributed by atoms with E-state index in [9.17, 15) is 0 Å². The third-order valence-corrected chi connectivity index (χ3v) is 10.7. The van der Waals surface area contributed by atoms with E-state index in [0.717, 1.165) is 78.7 Å². The number of hydrogen-bond donors (Lipinski definition) is 0. The molecule has 4 nitrogen and oxygen atoms in total. The summed E-state index contributed by atoms with van der Waals surface area (Å²) in [6.07, 6.45) is 20.8. The molecule has 0 amide bonds. The zero-order valence-corrected chi connectivity index (χ0v) is 31.2. The van der Waals surface area contributed by atoms with Gasteiger partial charge in [0.2, 0.25) is 0 Å². The summed E-state index contributed by atoms with van der Waals surface area (Å²) in [6.45, 7) is 6.05. The molecule has 0 bridgehead atoms. The van der Waals surface area contributed by atoms with E-state index in [2.05, 4.69) is 94.2 Å². The predicted molar refractivity (Wildman–Crippen MR) is 200 cm³/mol. The van der Waals surface area contributed by atoms with E-state index in [1.54, 1.807) is 11.3 Å². The van der Waals surface area contributed by atoms with Crippen LogP contribution in [0.4, 0.5) is 0 Å². The second-order valence-corrected chi connectivity index (χ2v) is 15.6. The minimum atomic E-state index is 0.759. The highest BCUT2D eigenvalue weighted by molar-refractivity contribution is 9.12. The quantitative estimate of drug-likeness (QED) is 0.0749. The normalized spacial score (nSPS) is 11.4. The number of unbranched alkanes of at least 4 members (excludes halogenated alkanes) is 14. The Balaban J connectivity index is 1.36. The number of rotatable bonds is 22. The molecule has 0 saturated heterocycles. The minimum absolute atomic E-state index is 0.759. The van der Waals surface area contributed by atoms with Crippen LogP contribution in [0.5, 0.6) is 11.5 Å². The lowest BCUT2D eigenvalue weighted by molar-refractivity contribution is 0.304. The van der Waals surface area contributed by atoms with Crippen molar-refractivity contribution in [2.75, 3.05) is 13.2 Å². The molecule has 2 heterocycles. The lowest BCUT2D eigenvalue weighted by Gasteiger charge is -2.12. The molecule has 7 heteroatoms. The molecular formula is C38H50Br2N2O2S. The summed E-state index contributed by atoms with van der Waals surface area (Å²) in [4.78, 5) is 10.2. The molecule has 4 rings (SSSR count). The van der Waals surface area contributed by atoms with Crippen LogP contribution in [0, 0.1) is 0 Å². The molecule has 2 aromatic carbocycles. The zero-order valence-electron chi connectivity index (χ0n) is 27.2. The van der Waals surface area contributed by atoms with Crippen molar-refractivity contribution in [3.8, 4) is 34.0 Å². The van der Waals surface area contributed by atoms with E-state index in [4.69, 9.17) is 19.4 Å². The summed E-state index contributed by atoms with van der Waals surface area (Å²) in [5.74, 6) is 1.80. The first kappa shape index (κ1) is 35.9. The molecule has 0 aliphatic carbocycles. The van der Waals surface area contributed by atoms with Crippen LogP contribution in [-0.2, 0) is 0 Å². The molecule has 0 fully saturated rings. The van der Waals surface area contributed by atoms with Gasteiger partial charge in [0.05, 0.1) is 32.2 Å². The molecule has 0 atom stereocenters. The van der Waals surface area contributed by atoms with Gasteiger partial charge < -0.3 is 9.47 Å². The number of hydrogen-bond acceptors (Lipinski definition) is 5. The third-order valence-electron chi connectivity index (χ3n) is 8.24. The molecule has 4 aromatic rings. The topological polar surface area (TPSA) is 44.2 Å². The fourth-order valence-corrected chi connectivity index (χ4v) is 8.37. The van der Waals surface area contributed by atoms with E-state index in [0.29, 0.717) is 0 Å². The van der Waals surface area contributed by atoms with Crippen LogP contribution in [0.15, 0.2) is 56.1 Å². The Labute approximate surface area is 292 Å². The molecule has 45 heavy (non-hydrogen) atoms. The number of thiophene rings is 1. The Bertz CT molecular complexity index is 1300. The van der Waals surface area contributed by atoms with Crippen molar-refractivity contribution in [2.24, 2.45) is 0 Å². The zero-order chi connectivity index (χ0) is 31.7. The Hall–Kier alpha value is -1.96. The van der Waals surface area contributed by atoms with Gasteiger partial charge in [0.25, 0.3) is 0 Å². The highest BCUT2D eigenvalue weighted by Crippen LogP contribution is 2.41. The second-order valence-electron chi connectivity index (χ2n) is 12.0. The maximum atomic E-state index is 6.07. The Morgan fingerprint density at radius 3 is 1.18 bits per heavy atom. The molecule has 2 aromatic heterocycles. The van der Waals surface area contributed by atoms with Crippen molar-refractivity contribution in [1.82, 2.24) is 9.97 Å². The number of benzene rings is 2. The fourth-order valence-electron chi connectivity index (χ4n) is 5.56. The average molecular weight is 759 g/mol. The van der Waals surface area contributed by atoms with Gasteiger partial charge in [-0.3, -0.25) is 0 Å². The monoisotopic (exact) mass is 756 g/mol. The summed E-state index contributed by atoms with van der Waals surface area (Å²) in [6, 6.07) is 16.6. The standard InChI is InChI=1S/C38H50Br2N2O2S/c1-3-5-7-9-11-13-15-17-27-43-31-23-19-29(20-24-31)33-34(42-36-35(41-33)37(39)45-38(36)40)30-21-25-32(26-22-30)44-28-18-16-14-12-10-8-6-4-2/h19-26H,3-18,27-28H2,1-2H3. The van der Waals surface area contributed by atoms with Crippen LogP contribution >= 0.6 is 43.2 Å². The summed E-state index contributed by atoms with van der Waals surface area (Å²) < 4.78 is 14.1. The summed E-state index contributed by atoms with van der Waals surface area (Å²) >= 11 is 8.98. The van der Waals surface area contributed by atoms with Crippen molar-refractivity contribution in [3.63, 3.8) is 0 Å². The van der Waals surface area contributed by atoms with Gasteiger partial charge in [0.15, 0.2) is 0 Å². The molecule has 0 unspecified atom stereocenters. The Morgan fingerprint density at radius 1 is 0.489 bits per heavy atom. The largest absolute Gasteiger partial charge is 0.494 e. The molecule has 0 spiro atoms. The van der Waals surface area contributed by atoms with E-state index >= 15 is 0 Å². The van der Waals surface area contributed by atoms with E-state index in [1.807, 2.05) is 0 Å². The highest BCUT2D eigenvalue weighted by Gasteiger charge is 2.18. The molecule has 0 aliphatic heterocycles. The third kappa shape index (κ3) is 11.7. The van der Waals surface area contributed by atoms with Gasteiger partial charge in [-0.05, 0) is 93.2 Å². The first-order chi connectivity index (χ1) is 22.1. The van der Waals surface area contributed by atoms with Gasteiger partial charge in [-0.15, -0.1) is 11.3 Å². The molecule has 0 N–H and O–H groups in total. The van der Waals surface area contributed by atoms with E-state index in [1.165, 1.54) is 89.9 Å². The smallest absolute Gasteiger partial charge is 0.119 e. The van der Waals surface area contributed by atoms with Crippen molar-refractivity contribution in [2.45, 2.75) is 117 Å². The minimum Gasteiger partial charge on any atom is -0.494 e. The van der Waals surface area contributed by atoms with Crippen LogP contribution in [0.1, 0.15) is 117 Å². The number of nitrogens with zero attached hydrogens (tertiary/aromatic N) is 2. The van der Waals surface area contributed by atoms with Crippen LogP contribution in [0.25, 0.3) is 33.5 Å². The maximum Gasteiger partial charge on any atom is 0.119 e. The van der Waals surface area contributed by atoms with Crippen molar-refractivity contribution >= 4 is 54.2 Å². The molecular weight excluding hydrogens is 708 g/mol. The summed E-state index contributed by atoms with van der Waals surface area (Å²) in [5, 5.41) is 0. The average Bonchev–Trinajstić information content (AvgIpc) is 3.35. The first-order valence-electron chi connectivity index (χ1n) is 17.2. The second kappa shape index (κ2) is 20.3. The number of fused-ring (bicyclic) bond motifs is 1. The van der Waals surface area contributed by atoms with Crippen molar-refractivity contribution in [1.29, 1.82) is 0 Å². The van der Waals surface area contributed by atoms with E-state index < -0.39 is 0 Å². The van der Waals surface area contributed by atoms with Gasteiger partial charge in [0, 0.05) is 11.1 Å². The van der Waals surface area contributed by atoms with Crippen LogP contribution in [0.3, 0.4) is 0 Å². The Morgan fingerprint density at radius 2 is 0.822 bits per heavy atom. The van der Waals surface area contributed by atoms with Gasteiger partial charge in [-0.2, -0.15) is 0 Å². The van der Waals surface area contributed by atoms with Crippen molar-refractivity contribution < 1.29 is 9.47 Å². The molecule has 244 valence electrons.